The fourth-order valence-electron chi connectivity index (χ4n) is 6.27. The lowest BCUT2D eigenvalue weighted by Gasteiger charge is -2.26. The van der Waals surface area contributed by atoms with Crippen molar-refractivity contribution in [2.75, 3.05) is 57.2 Å². The zero-order valence-corrected chi connectivity index (χ0v) is 35.8. The Bertz CT molecular complexity index is 2310. The Morgan fingerprint density at radius 2 is 0.779 bits per heavy atom. The molecule has 0 aromatic heterocycles. The lowest BCUT2D eigenvalue weighted by atomic mass is 10.2. The number of carboxylic acid groups (broad SMARTS) is 2. The van der Waals surface area contributed by atoms with Gasteiger partial charge < -0.3 is 61.1 Å². The fraction of sp³-hybridized carbons (Fsp3) is 0.222. The van der Waals surface area contributed by atoms with Gasteiger partial charge >= 0.3 is 5.97 Å². The molecule has 0 fully saturated rings. The van der Waals surface area contributed by atoms with Gasteiger partial charge in [-0.25, -0.2) is 5.26 Å². The van der Waals surface area contributed by atoms with E-state index in [1.807, 2.05) is 60.7 Å². The van der Waals surface area contributed by atoms with Crippen molar-refractivity contribution >= 4 is 68.8 Å². The first-order valence-corrected chi connectivity index (χ1v) is 20.4. The van der Waals surface area contributed by atoms with E-state index in [4.69, 9.17) is 10.4 Å². The van der Waals surface area contributed by atoms with E-state index in [0.29, 0.717) is 5.69 Å². The van der Waals surface area contributed by atoms with Gasteiger partial charge in [0.05, 0.1) is 25.3 Å². The van der Waals surface area contributed by atoms with Crippen molar-refractivity contribution in [2.45, 2.75) is 56.4 Å². The second kappa shape index (κ2) is 29.6. The Hall–Kier alpha value is -7.94. The maximum atomic E-state index is 11.0. The van der Waals surface area contributed by atoms with Crippen LogP contribution >= 0.6 is 0 Å². The number of carbonyl (C=O) groups excluding carboxylic acids is 1. The van der Waals surface area contributed by atoms with E-state index in [9.17, 15) is 20.0 Å². The van der Waals surface area contributed by atoms with Crippen molar-refractivity contribution in [3.05, 3.63) is 181 Å². The summed E-state index contributed by atoms with van der Waals surface area (Å²) in [6.07, 6.45) is -0.312. The summed E-state index contributed by atoms with van der Waals surface area (Å²) in [7, 11) is 0. The van der Waals surface area contributed by atoms with E-state index < -0.39 is 11.9 Å². The van der Waals surface area contributed by atoms with E-state index in [1.54, 1.807) is 21.9 Å². The summed E-state index contributed by atoms with van der Waals surface area (Å²) in [6, 6.07) is 47.4. The van der Waals surface area contributed by atoms with Crippen LogP contribution in [-0.4, -0.2) is 48.5 Å². The van der Waals surface area contributed by atoms with Gasteiger partial charge in [0.1, 0.15) is 0 Å². The molecule has 0 aliphatic rings. The number of carbonyl (C=O) groups is 2. The van der Waals surface area contributed by atoms with Crippen molar-refractivity contribution in [1.82, 2.24) is 0 Å². The Kier molecular flexibility index (Phi) is 25.3. The second-order valence-electron chi connectivity index (χ2n) is 14.8. The first-order valence-electron chi connectivity index (χ1n) is 20.4. The Labute approximate surface area is 402 Å². The van der Waals surface area contributed by atoms with E-state index in [2.05, 4.69) is 131 Å². The summed E-state index contributed by atoms with van der Waals surface area (Å²) in [5, 5.41) is 52.8. The number of hydrogen-bond donors (Lipinski definition) is 6. The predicted molar refractivity (Wildman–Crippen MR) is 278 cm³/mol. The number of aryl methyl sites for hydroxylation is 2. The van der Waals surface area contributed by atoms with Crippen LogP contribution in [0.4, 0.5) is 56.9 Å². The van der Waals surface area contributed by atoms with Crippen LogP contribution < -0.4 is 41.4 Å². The highest BCUT2D eigenvalue weighted by molar-refractivity contribution is 5.71. The van der Waals surface area contributed by atoms with Crippen LogP contribution in [0.25, 0.3) is 0 Å². The lowest BCUT2D eigenvalue weighted by molar-refractivity contribution is -0.671. The molecule has 0 bridgehead atoms. The van der Waals surface area contributed by atoms with Gasteiger partial charge in [-0.1, -0.05) is 78.3 Å². The molecule has 0 atom stereocenters. The molecule has 0 unspecified atom stereocenters. The fourth-order valence-corrected chi connectivity index (χ4v) is 6.27. The lowest BCUT2D eigenvalue weighted by Crippen LogP contribution is -2.32. The summed E-state index contributed by atoms with van der Waals surface area (Å²) >= 11 is 0. The van der Waals surface area contributed by atoms with Gasteiger partial charge in [-0.05, 0) is 135 Å². The molecule has 364 valence electrons. The minimum Gasteiger partial charge on any atom is -0.664 e. The number of nitrogens with one attached hydrogen (secondary N) is 4. The standard InChI is InChI=1S/C30H34N4O8.C20H20N2.4CH4/c1-21(41-39)19-34(20-22(2)42-40)28-13-9-26(10-14-28)32-24-5-3-23(4-6-24)31-25-7-11-27(12-8-25)33(17-15-29(35)36)18-16-30(37)38;1-15-3-7-17(8-4-15)21-19-11-13-20(14-12-19)22-18-9-5-16(2)6-10-18;;;;/h3-14,31-32,39-40H,1-2,15-20H2,(H,35,36)(H,37,38);3-14,21-22H,1-2H3;4*1H4/p-2. The number of aliphatic carboxylic acids is 2. The van der Waals surface area contributed by atoms with Gasteiger partial charge in [-0.15, -0.1) is 0 Å². The molecule has 6 N–H and O–H groups in total. The number of anilines is 10. The SMILES string of the molecule is C.C.C.C.C=C(CN(CC(=C)OO)c1ccc(Nc2ccc(Nc3ccc(N(CCC(=O)[O-])CCC(=O)O)cc3)cc2)cc1)O[O-].Cc1ccc(Nc2ccc(Nc3ccc(C)cc3)cc2)cc1. The van der Waals surface area contributed by atoms with Crippen LogP contribution in [0.2, 0.25) is 0 Å². The third-order valence-corrected chi connectivity index (χ3v) is 9.66. The molecule has 6 aromatic rings. The quantitative estimate of drug-likeness (QED) is 0.0214. The van der Waals surface area contributed by atoms with Crippen LogP contribution in [0.1, 0.15) is 53.7 Å². The van der Waals surface area contributed by atoms with Crippen LogP contribution in [0.5, 0.6) is 0 Å². The molecule has 14 nitrogen and oxygen atoms in total. The third kappa shape index (κ3) is 19.7. The molecule has 6 aromatic carbocycles. The molecule has 14 heteroatoms. The first-order chi connectivity index (χ1) is 30.8. The average molecular weight is 929 g/mol. The molecule has 0 spiro atoms. The van der Waals surface area contributed by atoms with Crippen molar-refractivity contribution in [2.24, 2.45) is 0 Å². The largest absolute Gasteiger partial charge is 0.664 e. The minimum absolute atomic E-state index is 0. The van der Waals surface area contributed by atoms with Crippen molar-refractivity contribution in [1.29, 1.82) is 0 Å². The average Bonchev–Trinajstić information content (AvgIpc) is 3.29. The zero-order chi connectivity index (χ0) is 45.8. The molecule has 0 heterocycles. The highest BCUT2D eigenvalue weighted by Gasteiger charge is 2.12. The van der Waals surface area contributed by atoms with Crippen LogP contribution in [0.15, 0.2) is 170 Å². The molecule has 0 amide bonds. The molecular formula is C54H68N6O8-2. The maximum Gasteiger partial charge on any atom is 0.305 e. The minimum atomic E-state index is -1.19. The van der Waals surface area contributed by atoms with Crippen molar-refractivity contribution in [3.8, 4) is 0 Å². The normalized spacial score (nSPS) is 9.71. The highest BCUT2D eigenvalue weighted by atomic mass is 17.1. The van der Waals surface area contributed by atoms with Crippen LogP contribution in [-0.2, 0) is 19.4 Å². The molecule has 0 saturated carbocycles. The topological polar surface area (TPSA) is 194 Å². The van der Waals surface area contributed by atoms with E-state index in [1.165, 1.54) is 11.1 Å². The van der Waals surface area contributed by atoms with E-state index in [0.717, 1.165) is 51.2 Å². The molecule has 6 rings (SSSR count). The summed E-state index contributed by atoms with van der Waals surface area (Å²) < 4.78 is 0. The number of carboxylic acids is 2. The van der Waals surface area contributed by atoms with Gasteiger partial charge in [0.15, 0.2) is 5.76 Å². The predicted octanol–water partition coefficient (Wildman–Crippen LogP) is 11.5. The second-order valence-corrected chi connectivity index (χ2v) is 14.8. The van der Waals surface area contributed by atoms with Crippen molar-refractivity contribution < 1.29 is 40.1 Å². The maximum absolute atomic E-state index is 11.0. The van der Waals surface area contributed by atoms with Crippen LogP contribution in [0, 0.1) is 13.8 Å². The number of rotatable bonds is 22. The molecule has 0 aliphatic carbocycles. The van der Waals surface area contributed by atoms with Gasteiger partial charge in [0.2, 0.25) is 0 Å². The smallest absolute Gasteiger partial charge is 0.305 e. The first kappa shape index (κ1) is 58.1. The van der Waals surface area contributed by atoms with E-state index >= 15 is 0 Å². The highest BCUT2D eigenvalue weighted by Crippen LogP contribution is 2.27. The molecule has 68 heavy (non-hydrogen) atoms. The number of hydrogen-bond acceptors (Lipinski definition) is 13. The summed E-state index contributed by atoms with van der Waals surface area (Å²) in [5.74, 6) is -2.06. The monoisotopic (exact) mass is 929 g/mol. The van der Waals surface area contributed by atoms with Crippen LogP contribution in [0.3, 0.4) is 0 Å². The van der Waals surface area contributed by atoms with Gasteiger partial charge in [-0.3, -0.25) is 4.79 Å². The molecule has 0 saturated heterocycles. The van der Waals surface area contributed by atoms with Crippen molar-refractivity contribution in [3.63, 3.8) is 0 Å². The molecular weight excluding hydrogens is 861 g/mol. The Balaban J connectivity index is 0.000000753. The number of nitrogens with zero attached hydrogens (tertiary/aromatic N) is 2. The number of benzene rings is 6. The summed E-state index contributed by atoms with van der Waals surface area (Å²) in [5.41, 5.74) is 11.6. The zero-order valence-electron chi connectivity index (χ0n) is 35.8. The van der Waals surface area contributed by atoms with Gasteiger partial charge in [-0.2, -0.15) is 0 Å². The van der Waals surface area contributed by atoms with E-state index in [-0.39, 0.29) is 80.2 Å². The Morgan fingerprint density at radius 1 is 0.500 bits per heavy atom. The summed E-state index contributed by atoms with van der Waals surface area (Å²) in [4.78, 5) is 33.4. The molecule has 0 radical (unpaired) electrons. The Morgan fingerprint density at radius 3 is 1.07 bits per heavy atom. The van der Waals surface area contributed by atoms with Gasteiger partial charge in [0, 0.05) is 82.4 Å². The molecule has 0 aliphatic heterocycles. The van der Waals surface area contributed by atoms with Gasteiger partial charge in [0.25, 0.3) is 0 Å². The summed E-state index contributed by atoms with van der Waals surface area (Å²) in [6.45, 7) is 11.9. The third-order valence-electron chi connectivity index (χ3n) is 9.66.